The number of para-hydroxylation sites is 2. The molecular formula is C24H19ClN2O4. The highest BCUT2D eigenvalue weighted by molar-refractivity contribution is 6.32. The molecule has 0 spiro atoms. The fourth-order valence-corrected chi connectivity index (χ4v) is 3.87. The Morgan fingerprint density at radius 3 is 2.19 bits per heavy atom. The van der Waals surface area contributed by atoms with Crippen LogP contribution in [0.2, 0.25) is 5.02 Å². The van der Waals surface area contributed by atoms with Crippen molar-refractivity contribution in [3.8, 4) is 5.75 Å². The van der Waals surface area contributed by atoms with E-state index in [4.69, 9.17) is 16.3 Å². The number of carboxylic acid groups (broad SMARTS) is 1. The second kappa shape index (κ2) is 8.62. The number of hydrogen-bond donors (Lipinski definition) is 2. The summed E-state index contributed by atoms with van der Waals surface area (Å²) in [6.45, 7) is 0. The molecule has 7 heteroatoms. The van der Waals surface area contributed by atoms with Crippen molar-refractivity contribution >= 4 is 45.3 Å². The van der Waals surface area contributed by atoms with Crippen LogP contribution in [0.15, 0.2) is 66.7 Å². The molecule has 4 rings (SSSR count). The maximum atomic E-state index is 13.3. The zero-order valence-electron chi connectivity index (χ0n) is 16.6. The highest BCUT2D eigenvalue weighted by Crippen LogP contribution is 2.27. The highest BCUT2D eigenvalue weighted by Gasteiger charge is 2.24. The number of hydrogen-bond acceptors (Lipinski definition) is 4. The number of benzene rings is 3. The summed E-state index contributed by atoms with van der Waals surface area (Å²) in [5.74, 6) is -1.11. The van der Waals surface area contributed by atoms with Gasteiger partial charge in [0, 0.05) is 17.2 Å². The van der Waals surface area contributed by atoms with Gasteiger partial charge in [-0.25, -0.2) is 9.78 Å². The molecule has 0 fully saturated rings. The van der Waals surface area contributed by atoms with Crippen molar-refractivity contribution in [1.29, 1.82) is 0 Å². The molecule has 156 valence electrons. The number of halogens is 1. The summed E-state index contributed by atoms with van der Waals surface area (Å²) in [5, 5.41) is 14.1. The first-order valence-electron chi connectivity index (χ1n) is 9.61. The van der Waals surface area contributed by atoms with Gasteiger partial charge in [0.1, 0.15) is 11.8 Å². The van der Waals surface area contributed by atoms with Crippen LogP contribution < -0.4 is 10.1 Å². The quantitative estimate of drug-likeness (QED) is 0.437. The Morgan fingerprint density at radius 1 is 1.03 bits per heavy atom. The summed E-state index contributed by atoms with van der Waals surface area (Å²) in [6.07, 6.45) is 0.0751. The minimum atomic E-state index is -1.14. The molecular weight excluding hydrogens is 416 g/mol. The number of rotatable bonds is 6. The monoisotopic (exact) mass is 434 g/mol. The SMILES string of the molecule is COc1ccc(C[C@@H](NC(=O)c2c3ccccc3nc3ccccc23)C(=O)O)cc1Cl. The van der Waals surface area contributed by atoms with Crippen LogP contribution in [-0.4, -0.2) is 35.1 Å². The standard InChI is InChI=1S/C24H19ClN2O4/c1-31-21-11-10-14(12-17(21)25)13-20(24(29)30)27-23(28)22-15-6-2-4-8-18(15)26-19-9-5-3-7-16(19)22/h2-12,20H,13H2,1H3,(H,27,28)(H,29,30)/t20-/m1/s1. The number of ether oxygens (including phenoxy) is 1. The van der Waals surface area contributed by atoms with E-state index in [1.165, 1.54) is 7.11 Å². The summed E-state index contributed by atoms with van der Waals surface area (Å²) in [7, 11) is 1.50. The number of aromatic nitrogens is 1. The molecule has 4 aromatic rings. The predicted octanol–water partition coefficient (Wildman–Crippen LogP) is 4.48. The van der Waals surface area contributed by atoms with Crippen LogP contribution in [0.25, 0.3) is 21.8 Å². The topological polar surface area (TPSA) is 88.5 Å². The molecule has 0 aliphatic rings. The van der Waals surface area contributed by atoms with Gasteiger partial charge < -0.3 is 15.2 Å². The number of carbonyl (C=O) groups excluding carboxylic acids is 1. The molecule has 1 aromatic heterocycles. The van der Waals surface area contributed by atoms with E-state index < -0.39 is 17.9 Å². The number of nitrogens with one attached hydrogen (secondary N) is 1. The van der Waals surface area contributed by atoms with Crippen molar-refractivity contribution in [3.63, 3.8) is 0 Å². The number of pyridine rings is 1. The Kier molecular flexibility index (Phi) is 5.73. The normalized spacial score (nSPS) is 11.9. The van der Waals surface area contributed by atoms with Crippen molar-refractivity contribution in [2.75, 3.05) is 7.11 Å². The predicted molar refractivity (Wildman–Crippen MR) is 120 cm³/mol. The van der Waals surface area contributed by atoms with Crippen LogP contribution in [0.1, 0.15) is 15.9 Å². The first-order valence-corrected chi connectivity index (χ1v) is 9.99. The smallest absolute Gasteiger partial charge is 0.326 e. The molecule has 0 unspecified atom stereocenters. The average molecular weight is 435 g/mol. The summed E-state index contributed by atoms with van der Waals surface area (Å²) in [5.41, 5.74) is 2.41. The number of nitrogens with zero attached hydrogens (tertiary/aromatic N) is 1. The van der Waals surface area contributed by atoms with E-state index in [1.54, 1.807) is 18.2 Å². The molecule has 0 saturated carbocycles. The number of aliphatic carboxylic acids is 1. The third kappa shape index (κ3) is 4.15. The van der Waals surface area contributed by atoms with Crippen molar-refractivity contribution in [2.24, 2.45) is 0 Å². The summed E-state index contributed by atoms with van der Waals surface area (Å²) >= 11 is 6.16. The number of methoxy groups -OCH3 is 1. The number of fused-ring (bicyclic) bond motifs is 2. The summed E-state index contributed by atoms with van der Waals surface area (Å²) < 4.78 is 5.13. The fraction of sp³-hybridized carbons (Fsp3) is 0.125. The minimum absolute atomic E-state index is 0.0751. The Balaban J connectivity index is 1.70. The van der Waals surface area contributed by atoms with Crippen molar-refractivity contribution in [2.45, 2.75) is 12.5 Å². The highest BCUT2D eigenvalue weighted by atomic mass is 35.5. The number of amides is 1. The van der Waals surface area contributed by atoms with Gasteiger partial charge in [0.2, 0.25) is 0 Å². The molecule has 0 saturated heterocycles. The Morgan fingerprint density at radius 2 is 1.65 bits per heavy atom. The van der Waals surface area contributed by atoms with E-state index in [0.29, 0.717) is 43.7 Å². The molecule has 3 aromatic carbocycles. The van der Waals surface area contributed by atoms with Crippen LogP contribution >= 0.6 is 11.6 Å². The molecule has 6 nitrogen and oxygen atoms in total. The third-order valence-electron chi connectivity index (χ3n) is 5.07. The maximum Gasteiger partial charge on any atom is 0.326 e. The molecule has 0 aliphatic carbocycles. The van der Waals surface area contributed by atoms with Crippen LogP contribution in [-0.2, 0) is 11.2 Å². The summed E-state index contributed by atoms with van der Waals surface area (Å²) in [6, 6.07) is 18.5. The minimum Gasteiger partial charge on any atom is -0.495 e. The van der Waals surface area contributed by atoms with Crippen molar-refractivity contribution < 1.29 is 19.4 Å². The molecule has 0 radical (unpaired) electrons. The van der Waals surface area contributed by atoms with Gasteiger partial charge in [-0.05, 0) is 29.8 Å². The van der Waals surface area contributed by atoms with E-state index in [-0.39, 0.29) is 6.42 Å². The second-order valence-electron chi connectivity index (χ2n) is 7.06. The maximum absolute atomic E-state index is 13.3. The molecule has 2 N–H and O–H groups in total. The van der Waals surface area contributed by atoms with Gasteiger partial charge in [-0.2, -0.15) is 0 Å². The molecule has 31 heavy (non-hydrogen) atoms. The Hall–Kier alpha value is -3.64. The van der Waals surface area contributed by atoms with Crippen molar-refractivity contribution in [1.82, 2.24) is 10.3 Å². The van der Waals surface area contributed by atoms with E-state index >= 15 is 0 Å². The van der Waals surface area contributed by atoms with Crippen LogP contribution in [0, 0.1) is 0 Å². The van der Waals surface area contributed by atoms with Gasteiger partial charge in [-0.15, -0.1) is 0 Å². The Bertz CT molecular complexity index is 1250. The summed E-state index contributed by atoms with van der Waals surface area (Å²) in [4.78, 5) is 29.8. The van der Waals surface area contributed by atoms with Gasteiger partial charge in [0.15, 0.2) is 0 Å². The van der Waals surface area contributed by atoms with Gasteiger partial charge in [-0.3, -0.25) is 4.79 Å². The van der Waals surface area contributed by atoms with Gasteiger partial charge in [0.05, 0.1) is 28.7 Å². The van der Waals surface area contributed by atoms with Crippen molar-refractivity contribution in [3.05, 3.63) is 82.9 Å². The fourth-order valence-electron chi connectivity index (χ4n) is 3.59. The van der Waals surface area contributed by atoms with Gasteiger partial charge in [-0.1, -0.05) is 54.1 Å². The van der Waals surface area contributed by atoms with E-state index in [9.17, 15) is 14.7 Å². The molecule has 0 bridgehead atoms. The Labute approximate surface area is 183 Å². The van der Waals surface area contributed by atoms with E-state index in [2.05, 4.69) is 10.3 Å². The molecule has 0 aliphatic heterocycles. The lowest BCUT2D eigenvalue weighted by atomic mass is 10.0. The average Bonchev–Trinajstić information content (AvgIpc) is 2.77. The lowest BCUT2D eigenvalue weighted by molar-refractivity contribution is -0.139. The van der Waals surface area contributed by atoms with Crippen LogP contribution in [0.5, 0.6) is 5.75 Å². The first kappa shape index (κ1) is 20.6. The molecule has 1 amide bonds. The lowest BCUT2D eigenvalue weighted by Crippen LogP contribution is -2.42. The number of carbonyl (C=O) groups is 2. The second-order valence-corrected chi connectivity index (χ2v) is 7.47. The zero-order chi connectivity index (χ0) is 22.0. The van der Waals surface area contributed by atoms with Gasteiger partial charge >= 0.3 is 5.97 Å². The molecule has 1 heterocycles. The third-order valence-corrected chi connectivity index (χ3v) is 5.37. The lowest BCUT2D eigenvalue weighted by Gasteiger charge is -2.17. The zero-order valence-corrected chi connectivity index (χ0v) is 17.4. The first-order chi connectivity index (χ1) is 15.0. The van der Waals surface area contributed by atoms with E-state index in [1.807, 2.05) is 48.5 Å². The van der Waals surface area contributed by atoms with Gasteiger partial charge in [0.25, 0.3) is 5.91 Å². The largest absolute Gasteiger partial charge is 0.495 e. The van der Waals surface area contributed by atoms with Crippen LogP contribution in [0.4, 0.5) is 0 Å². The number of carboxylic acids is 1. The van der Waals surface area contributed by atoms with Crippen LogP contribution in [0.3, 0.4) is 0 Å². The molecule has 1 atom stereocenters. The van der Waals surface area contributed by atoms with E-state index in [0.717, 1.165) is 0 Å².